The van der Waals surface area contributed by atoms with Crippen molar-refractivity contribution in [1.82, 2.24) is 10.2 Å². The lowest BCUT2D eigenvalue weighted by Gasteiger charge is -2.14. The second kappa shape index (κ2) is 8.67. The van der Waals surface area contributed by atoms with E-state index in [0.717, 1.165) is 37.2 Å². The predicted octanol–water partition coefficient (Wildman–Crippen LogP) is 2.37. The van der Waals surface area contributed by atoms with Gasteiger partial charge in [-0.1, -0.05) is 12.1 Å². The summed E-state index contributed by atoms with van der Waals surface area (Å²) in [5.74, 6) is 0.705. The van der Waals surface area contributed by atoms with Gasteiger partial charge in [0.2, 0.25) is 0 Å². The number of likely N-dealkylation sites (tertiary alicyclic amines) is 1. The van der Waals surface area contributed by atoms with Gasteiger partial charge in [-0.2, -0.15) is 0 Å². The molecule has 1 aromatic rings. The highest BCUT2D eigenvalue weighted by Crippen LogP contribution is 2.12. The van der Waals surface area contributed by atoms with Crippen molar-refractivity contribution in [3.8, 4) is 5.75 Å². The summed E-state index contributed by atoms with van der Waals surface area (Å²) in [5, 5.41) is 2.91. The van der Waals surface area contributed by atoms with Gasteiger partial charge in [0.1, 0.15) is 5.75 Å². The fourth-order valence-corrected chi connectivity index (χ4v) is 2.60. The normalized spacial score (nSPS) is 15.1. The third-order valence-corrected chi connectivity index (χ3v) is 3.78. The molecular formula is C17H26N2O2. The SMILES string of the molecule is Cc1cccc(OCC(=O)NCCCCN2CCCC2)c1. The van der Waals surface area contributed by atoms with E-state index in [1.165, 1.54) is 25.9 Å². The van der Waals surface area contributed by atoms with Crippen molar-refractivity contribution in [2.24, 2.45) is 0 Å². The highest BCUT2D eigenvalue weighted by atomic mass is 16.5. The Bertz CT molecular complexity index is 442. The van der Waals surface area contributed by atoms with E-state index < -0.39 is 0 Å². The van der Waals surface area contributed by atoms with Crippen LogP contribution in [0.15, 0.2) is 24.3 Å². The summed E-state index contributed by atoms with van der Waals surface area (Å²) in [6.45, 7) is 6.50. The Kier molecular flexibility index (Phi) is 6.54. The van der Waals surface area contributed by atoms with Crippen LogP contribution < -0.4 is 10.1 Å². The summed E-state index contributed by atoms with van der Waals surface area (Å²) in [5.41, 5.74) is 1.13. The lowest BCUT2D eigenvalue weighted by Crippen LogP contribution is -2.30. The molecule has 116 valence electrons. The number of hydrogen-bond donors (Lipinski definition) is 1. The maximum absolute atomic E-state index is 11.7. The topological polar surface area (TPSA) is 41.6 Å². The molecule has 21 heavy (non-hydrogen) atoms. The average molecular weight is 290 g/mol. The molecule has 1 aliphatic rings. The van der Waals surface area contributed by atoms with E-state index in [1.807, 2.05) is 31.2 Å². The quantitative estimate of drug-likeness (QED) is 0.747. The van der Waals surface area contributed by atoms with Gasteiger partial charge in [-0.15, -0.1) is 0 Å². The molecule has 2 rings (SSSR count). The number of nitrogens with zero attached hydrogens (tertiary/aromatic N) is 1. The second-order valence-electron chi connectivity index (χ2n) is 5.71. The molecular weight excluding hydrogens is 264 g/mol. The number of aryl methyl sites for hydroxylation is 1. The Morgan fingerprint density at radius 3 is 2.86 bits per heavy atom. The summed E-state index contributed by atoms with van der Waals surface area (Å²) < 4.78 is 5.47. The minimum absolute atomic E-state index is 0.0438. The van der Waals surface area contributed by atoms with E-state index in [4.69, 9.17) is 4.74 Å². The molecule has 0 unspecified atom stereocenters. The summed E-state index contributed by atoms with van der Waals surface area (Å²) in [4.78, 5) is 14.2. The zero-order chi connectivity index (χ0) is 14.9. The van der Waals surface area contributed by atoms with Gasteiger partial charge in [0.05, 0.1) is 0 Å². The molecule has 1 aliphatic heterocycles. The summed E-state index contributed by atoms with van der Waals surface area (Å²) in [7, 11) is 0. The molecule has 1 fully saturated rings. The molecule has 0 atom stereocenters. The Morgan fingerprint density at radius 1 is 1.29 bits per heavy atom. The first-order valence-corrected chi connectivity index (χ1v) is 7.92. The van der Waals surface area contributed by atoms with E-state index in [0.29, 0.717) is 0 Å². The van der Waals surface area contributed by atoms with Crippen LogP contribution in [0.4, 0.5) is 0 Å². The number of carbonyl (C=O) groups excluding carboxylic acids is 1. The van der Waals surface area contributed by atoms with Crippen molar-refractivity contribution in [1.29, 1.82) is 0 Å². The number of ether oxygens (including phenoxy) is 1. The first-order valence-electron chi connectivity index (χ1n) is 7.92. The molecule has 4 heteroatoms. The Morgan fingerprint density at radius 2 is 2.10 bits per heavy atom. The summed E-state index contributed by atoms with van der Waals surface area (Å²) >= 11 is 0. The molecule has 1 saturated heterocycles. The maximum atomic E-state index is 11.7. The van der Waals surface area contributed by atoms with Gasteiger partial charge < -0.3 is 15.0 Å². The first kappa shape index (κ1) is 15.8. The molecule has 0 aliphatic carbocycles. The highest BCUT2D eigenvalue weighted by Gasteiger charge is 2.10. The smallest absolute Gasteiger partial charge is 0.257 e. The highest BCUT2D eigenvalue weighted by molar-refractivity contribution is 5.77. The van der Waals surface area contributed by atoms with Crippen molar-refractivity contribution in [3.63, 3.8) is 0 Å². The van der Waals surface area contributed by atoms with Crippen LogP contribution in [-0.4, -0.2) is 43.6 Å². The van der Waals surface area contributed by atoms with E-state index in [-0.39, 0.29) is 12.5 Å². The molecule has 4 nitrogen and oxygen atoms in total. The van der Waals surface area contributed by atoms with Gasteiger partial charge in [0.25, 0.3) is 5.91 Å². The van der Waals surface area contributed by atoms with Gasteiger partial charge in [0.15, 0.2) is 6.61 Å². The molecule has 1 N–H and O–H groups in total. The monoisotopic (exact) mass is 290 g/mol. The van der Waals surface area contributed by atoms with Gasteiger partial charge in [0, 0.05) is 6.54 Å². The van der Waals surface area contributed by atoms with E-state index in [2.05, 4.69) is 10.2 Å². The maximum Gasteiger partial charge on any atom is 0.257 e. The van der Waals surface area contributed by atoms with Gasteiger partial charge in [-0.3, -0.25) is 4.79 Å². The number of rotatable bonds is 8. The summed E-state index contributed by atoms with van der Waals surface area (Å²) in [6, 6.07) is 7.74. The van der Waals surface area contributed by atoms with Crippen molar-refractivity contribution in [2.45, 2.75) is 32.6 Å². The van der Waals surface area contributed by atoms with Crippen molar-refractivity contribution in [3.05, 3.63) is 29.8 Å². The Labute approximate surface area is 127 Å². The lowest BCUT2D eigenvalue weighted by molar-refractivity contribution is -0.123. The Hall–Kier alpha value is -1.55. The van der Waals surface area contributed by atoms with Crippen LogP contribution in [-0.2, 0) is 4.79 Å². The second-order valence-corrected chi connectivity index (χ2v) is 5.71. The molecule has 0 bridgehead atoms. The van der Waals surface area contributed by atoms with Crippen LogP contribution in [0.1, 0.15) is 31.2 Å². The van der Waals surface area contributed by atoms with Crippen LogP contribution in [0.3, 0.4) is 0 Å². The number of nitrogens with one attached hydrogen (secondary N) is 1. The Balaban J connectivity index is 1.51. The van der Waals surface area contributed by atoms with Crippen LogP contribution in [0, 0.1) is 6.92 Å². The molecule has 1 aromatic carbocycles. The van der Waals surface area contributed by atoms with Crippen LogP contribution in [0.5, 0.6) is 5.75 Å². The minimum atomic E-state index is -0.0438. The lowest BCUT2D eigenvalue weighted by atomic mass is 10.2. The van der Waals surface area contributed by atoms with Crippen LogP contribution in [0.25, 0.3) is 0 Å². The van der Waals surface area contributed by atoms with Crippen LogP contribution >= 0.6 is 0 Å². The average Bonchev–Trinajstić information content (AvgIpc) is 2.98. The minimum Gasteiger partial charge on any atom is -0.484 e. The zero-order valence-electron chi connectivity index (χ0n) is 12.9. The van der Waals surface area contributed by atoms with E-state index >= 15 is 0 Å². The summed E-state index contributed by atoms with van der Waals surface area (Å²) in [6.07, 6.45) is 4.87. The zero-order valence-corrected chi connectivity index (χ0v) is 12.9. The number of unbranched alkanes of at least 4 members (excludes halogenated alkanes) is 1. The number of hydrogen-bond acceptors (Lipinski definition) is 3. The third kappa shape index (κ3) is 6.17. The number of carbonyl (C=O) groups is 1. The van der Waals surface area contributed by atoms with Crippen molar-refractivity contribution < 1.29 is 9.53 Å². The van der Waals surface area contributed by atoms with Gasteiger partial charge >= 0.3 is 0 Å². The fraction of sp³-hybridized carbons (Fsp3) is 0.588. The van der Waals surface area contributed by atoms with Crippen molar-refractivity contribution >= 4 is 5.91 Å². The van der Waals surface area contributed by atoms with Crippen LogP contribution in [0.2, 0.25) is 0 Å². The first-order chi connectivity index (χ1) is 10.2. The standard InChI is InChI=1S/C17H26N2O2/c1-15-7-6-8-16(13-15)21-14-17(20)18-9-2-3-10-19-11-4-5-12-19/h6-8,13H,2-5,9-12,14H2,1H3,(H,18,20). The fourth-order valence-electron chi connectivity index (χ4n) is 2.60. The molecule has 0 spiro atoms. The van der Waals surface area contributed by atoms with Gasteiger partial charge in [-0.05, 0) is 69.9 Å². The number of amides is 1. The van der Waals surface area contributed by atoms with E-state index in [9.17, 15) is 4.79 Å². The molecule has 0 aromatic heterocycles. The molecule has 1 heterocycles. The molecule has 0 radical (unpaired) electrons. The molecule has 1 amide bonds. The van der Waals surface area contributed by atoms with E-state index in [1.54, 1.807) is 0 Å². The third-order valence-electron chi connectivity index (χ3n) is 3.78. The molecule has 0 saturated carbocycles. The van der Waals surface area contributed by atoms with Crippen molar-refractivity contribution in [2.75, 3.05) is 32.8 Å². The van der Waals surface area contributed by atoms with Gasteiger partial charge in [-0.25, -0.2) is 0 Å². The number of benzene rings is 1. The predicted molar refractivity (Wildman–Crippen MR) is 84.6 cm³/mol. The largest absolute Gasteiger partial charge is 0.484 e.